The largest absolute Gasteiger partial charge is 0.495 e. The van der Waals surface area contributed by atoms with Gasteiger partial charge in [0.05, 0.1) is 17.1 Å². The molecule has 0 spiro atoms. The number of methoxy groups -OCH3 is 1. The Balaban J connectivity index is 2.32. The molecule has 106 valence electrons. The van der Waals surface area contributed by atoms with Gasteiger partial charge in [0.1, 0.15) is 17.4 Å². The van der Waals surface area contributed by atoms with Gasteiger partial charge in [0.2, 0.25) is 0 Å². The summed E-state index contributed by atoms with van der Waals surface area (Å²) in [5.41, 5.74) is 1.01. The van der Waals surface area contributed by atoms with Gasteiger partial charge in [0, 0.05) is 23.5 Å². The first-order valence-electron chi connectivity index (χ1n) is 5.84. The highest BCUT2D eigenvalue weighted by Crippen LogP contribution is 2.30. The normalized spacial score (nSPS) is 9.76. The van der Waals surface area contributed by atoms with Crippen LogP contribution >= 0.6 is 11.6 Å². The molecule has 2 aromatic rings. The van der Waals surface area contributed by atoms with Crippen molar-refractivity contribution in [1.82, 2.24) is 0 Å². The molecule has 2 aromatic carbocycles. The molecule has 0 aliphatic rings. The van der Waals surface area contributed by atoms with Gasteiger partial charge in [-0.05, 0) is 24.3 Å². The summed E-state index contributed by atoms with van der Waals surface area (Å²) in [7, 11) is 1.50. The molecule has 0 atom stereocenters. The predicted octanol–water partition coefficient (Wildman–Crippen LogP) is 3.87. The zero-order valence-corrected chi connectivity index (χ0v) is 11.7. The lowest BCUT2D eigenvalue weighted by Gasteiger charge is -2.09. The number of halogens is 1. The second-order valence-electron chi connectivity index (χ2n) is 4.08. The number of hydrogen-bond donors (Lipinski definition) is 1. The van der Waals surface area contributed by atoms with Gasteiger partial charge in [-0.2, -0.15) is 5.26 Å². The molecule has 0 saturated carbocycles. The van der Waals surface area contributed by atoms with Gasteiger partial charge in [0.15, 0.2) is 0 Å². The minimum atomic E-state index is -0.590. The first-order valence-corrected chi connectivity index (χ1v) is 6.22. The van der Waals surface area contributed by atoms with Crippen LogP contribution in [0.5, 0.6) is 5.75 Å². The number of rotatable bonds is 4. The standard InChI is InChI=1S/C14H10ClN3O3/c1-21-14-7-11(2-4-12(14)15)17-10-3-5-13(18(19)20)9(6-10)8-16/h2-7,17H,1H3. The predicted molar refractivity (Wildman–Crippen MR) is 79.1 cm³/mol. The number of nitro benzene ring substituents is 1. The van der Waals surface area contributed by atoms with Crippen molar-refractivity contribution < 1.29 is 9.66 Å². The van der Waals surface area contributed by atoms with Crippen LogP contribution < -0.4 is 10.1 Å². The van der Waals surface area contributed by atoms with E-state index in [1.807, 2.05) is 6.07 Å². The molecule has 21 heavy (non-hydrogen) atoms. The summed E-state index contributed by atoms with van der Waals surface area (Å²) in [6.07, 6.45) is 0. The smallest absolute Gasteiger partial charge is 0.287 e. The summed E-state index contributed by atoms with van der Waals surface area (Å²) >= 11 is 5.93. The Morgan fingerprint density at radius 1 is 1.29 bits per heavy atom. The average Bonchev–Trinajstić information content (AvgIpc) is 2.48. The lowest BCUT2D eigenvalue weighted by molar-refractivity contribution is -0.385. The lowest BCUT2D eigenvalue weighted by Crippen LogP contribution is -1.96. The summed E-state index contributed by atoms with van der Waals surface area (Å²) in [6, 6.07) is 11.1. The minimum Gasteiger partial charge on any atom is -0.495 e. The van der Waals surface area contributed by atoms with Crippen molar-refractivity contribution in [3.05, 3.63) is 57.1 Å². The molecule has 0 aromatic heterocycles. The molecule has 0 fully saturated rings. The first kappa shape index (κ1) is 14.6. The van der Waals surface area contributed by atoms with E-state index >= 15 is 0 Å². The molecule has 1 N–H and O–H groups in total. The maximum atomic E-state index is 10.8. The zero-order chi connectivity index (χ0) is 15.4. The van der Waals surface area contributed by atoms with Gasteiger partial charge >= 0.3 is 0 Å². The fourth-order valence-electron chi connectivity index (χ4n) is 1.77. The molecule has 6 nitrogen and oxygen atoms in total. The Bertz CT molecular complexity index is 741. The lowest BCUT2D eigenvalue weighted by atomic mass is 10.1. The number of ether oxygens (including phenoxy) is 1. The molecule has 0 saturated heterocycles. The van der Waals surface area contributed by atoms with Crippen molar-refractivity contribution in [3.8, 4) is 11.8 Å². The SMILES string of the molecule is COc1cc(Nc2ccc([N+](=O)[O-])c(C#N)c2)ccc1Cl. The summed E-state index contributed by atoms with van der Waals surface area (Å²) in [5.74, 6) is 0.504. The Morgan fingerprint density at radius 3 is 2.57 bits per heavy atom. The number of nitrogens with one attached hydrogen (secondary N) is 1. The van der Waals surface area contributed by atoms with Crippen molar-refractivity contribution in [1.29, 1.82) is 5.26 Å². The highest BCUT2D eigenvalue weighted by atomic mass is 35.5. The molecular weight excluding hydrogens is 294 g/mol. The van der Waals surface area contributed by atoms with E-state index in [0.717, 1.165) is 0 Å². The highest BCUT2D eigenvalue weighted by Gasteiger charge is 2.13. The number of nitriles is 1. The van der Waals surface area contributed by atoms with Crippen molar-refractivity contribution >= 4 is 28.7 Å². The van der Waals surface area contributed by atoms with Crippen LogP contribution in [0.4, 0.5) is 17.1 Å². The summed E-state index contributed by atoms with van der Waals surface area (Å²) in [5, 5.41) is 23.2. The van der Waals surface area contributed by atoms with Crippen LogP contribution in [0.1, 0.15) is 5.56 Å². The number of anilines is 2. The maximum absolute atomic E-state index is 10.8. The van der Waals surface area contributed by atoms with Crippen LogP contribution in [-0.4, -0.2) is 12.0 Å². The van der Waals surface area contributed by atoms with Gasteiger partial charge in [-0.1, -0.05) is 11.6 Å². The third-order valence-corrected chi connectivity index (χ3v) is 3.07. The van der Waals surface area contributed by atoms with Crippen LogP contribution in [0, 0.1) is 21.4 Å². The van der Waals surface area contributed by atoms with Crippen LogP contribution in [-0.2, 0) is 0 Å². The highest BCUT2D eigenvalue weighted by molar-refractivity contribution is 6.32. The molecule has 0 amide bonds. The van der Waals surface area contributed by atoms with Crippen LogP contribution in [0.3, 0.4) is 0 Å². The van der Waals surface area contributed by atoms with Gasteiger partial charge in [-0.3, -0.25) is 10.1 Å². The minimum absolute atomic E-state index is 0.00840. The number of nitrogens with zero attached hydrogens (tertiary/aromatic N) is 2. The fourth-order valence-corrected chi connectivity index (χ4v) is 1.96. The molecule has 0 unspecified atom stereocenters. The first-order chi connectivity index (χ1) is 10.0. The maximum Gasteiger partial charge on any atom is 0.287 e. The van der Waals surface area contributed by atoms with Crippen molar-refractivity contribution in [2.45, 2.75) is 0 Å². The summed E-state index contributed by atoms with van der Waals surface area (Å²) in [4.78, 5) is 10.2. The third-order valence-electron chi connectivity index (χ3n) is 2.75. The molecular formula is C14H10ClN3O3. The van der Waals surface area contributed by atoms with Crippen molar-refractivity contribution in [2.24, 2.45) is 0 Å². The van der Waals surface area contributed by atoms with Gasteiger partial charge in [-0.15, -0.1) is 0 Å². The van der Waals surface area contributed by atoms with E-state index in [-0.39, 0.29) is 11.3 Å². The summed E-state index contributed by atoms with van der Waals surface area (Å²) in [6.45, 7) is 0. The number of nitro groups is 1. The van der Waals surface area contributed by atoms with E-state index in [1.165, 1.54) is 25.3 Å². The van der Waals surface area contributed by atoms with Crippen LogP contribution in [0.15, 0.2) is 36.4 Å². The molecule has 0 heterocycles. The zero-order valence-electron chi connectivity index (χ0n) is 11.0. The molecule has 0 aliphatic carbocycles. The Hall–Kier alpha value is -2.78. The Morgan fingerprint density at radius 2 is 1.95 bits per heavy atom. The molecule has 0 bridgehead atoms. The van der Waals surface area contributed by atoms with Gasteiger partial charge in [0.25, 0.3) is 5.69 Å². The van der Waals surface area contributed by atoms with Gasteiger partial charge < -0.3 is 10.1 Å². The van der Waals surface area contributed by atoms with E-state index in [0.29, 0.717) is 22.1 Å². The van der Waals surface area contributed by atoms with Crippen LogP contribution in [0.25, 0.3) is 0 Å². The second-order valence-corrected chi connectivity index (χ2v) is 4.48. The number of hydrogen-bond acceptors (Lipinski definition) is 5. The molecule has 2 rings (SSSR count). The topological polar surface area (TPSA) is 88.2 Å². The van der Waals surface area contributed by atoms with Crippen molar-refractivity contribution in [2.75, 3.05) is 12.4 Å². The van der Waals surface area contributed by atoms with E-state index in [1.54, 1.807) is 18.2 Å². The quantitative estimate of drug-likeness (QED) is 0.684. The Kier molecular flexibility index (Phi) is 4.26. The van der Waals surface area contributed by atoms with Crippen molar-refractivity contribution in [3.63, 3.8) is 0 Å². The van der Waals surface area contributed by atoms with E-state index in [4.69, 9.17) is 21.6 Å². The average molecular weight is 304 g/mol. The molecule has 7 heteroatoms. The van der Waals surface area contributed by atoms with E-state index in [9.17, 15) is 10.1 Å². The molecule has 0 aliphatic heterocycles. The Labute approximate surface area is 125 Å². The fraction of sp³-hybridized carbons (Fsp3) is 0.0714. The number of benzene rings is 2. The molecule has 0 radical (unpaired) electrons. The second kappa shape index (κ2) is 6.11. The van der Waals surface area contributed by atoms with Crippen LogP contribution in [0.2, 0.25) is 5.02 Å². The van der Waals surface area contributed by atoms with E-state index < -0.39 is 4.92 Å². The summed E-state index contributed by atoms with van der Waals surface area (Å²) < 4.78 is 5.11. The third kappa shape index (κ3) is 3.22. The monoisotopic (exact) mass is 303 g/mol. The van der Waals surface area contributed by atoms with Gasteiger partial charge in [-0.25, -0.2) is 0 Å². The van der Waals surface area contributed by atoms with E-state index in [2.05, 4.69) is 5.32 Å².